The average Bonchev–Trinajstić information content (AvgIpc) is 2.38. The lowest BCUT2D eigenvalue weighted by molar-refractivity contribution is -0.116. The lowest BCUT2D eigenvalue weighted by atomic mass is 10.1. The van der Waals surface area contributed by atoms with E-state index in [9.17, 15) is 4.79 Å². The Morgan fingerprint density at radius 3 is 2.83 bits per heavy atom. The van der Waals surface area contributed by atoms with E-state index in [0.717, 1.165) is 29.4 Å². The summed E-state index contributed by atoms with van der Waals surface area (Å²) in [5.41, 5.74) is 1.88. The summed E-state index contributed by atoms with van der Waals surface area (Å²) >= 11 is 3.36. The third-order valence-electron chi connectivity index (χ3n) is 2.54. The Bertz CT molecular complexity index is 369. The highest BCUT2D eigenvalue weighted by Crippen LogP contribution is 2.16. The van der Waals surface area contributed by atoms with Crippen LogP contribution in [0.4, 0.5) is 5.69 Å². The summed E-state index contributed by atoms with van der Waals surface area (Å²) in [6.45, 7) is 3.17. The molecule has 1 aromatic carbocycles. The highest BCUT2D eigenvalue weighted by atomic mass is 79.9. The normalized spacial score (nSPS) is 10.3. The van der Waals surface area contributed by atoms with Crippen molar-refractivity contribution >= 4 is 27.5 Å². The molecule has 4 heteroatoms. The van der Waals surface area contributed by atoms with E-state index in [1.165, 1.54) is 0 Å². The van der Waals surface area contributed by atoms with E-state index in [4.69, 9.17) is 4.74 Å². The van der Waals surface area contributed by atoms with Gasteiger partial charge in [-0.25, -0.2) is 0 Å². The minimum absolute atomic E-state index is 0.0694. The maximum atomic E-state index is 11.7. The SMILES string of the molecule is CCOCc1ccccc1NC(=O)CCCCBr. The van der Waals surface area contributed by atoms with Crippen molar-refractivity contribution in [3.05, 3.63) is 29.8 Å². The van der Waals surface area contributed by atoms with Crippen LogP contribution in [0.15, 0.2) is 24.3 Å². The molecular weight excluding hydrogens is 294 g/mol. The van der Waals surface area contributed by atoms with Crippen LogP contribution < -0.4 is 5.32 Å². The zero-order valence-electron chi connectivity index (χ0n) is 10.7. The van der Waals surface area contributed by atoms with E-state index in [1.807, 2.05) is 31.2 Å². The number of alkyl halides is 1. The smallest absolute Gasteiger partial charge is 0.224 e. The second-order valence-corrected chi connectivity index (χ2v) is 4.78. The van der Waals surface area contributed by atoms with Crippen LogP contribution in [0.2, 0.25) is 0 Å². The molecule has 0 aromatic heterocycles. The summed E-state index contributed by atoms with van der Waals surface area (Å²) in [5.74, 6) is 0.0694. The molecule has 1 amide bonds. The predicted molar refractivity (Wildman–Crippen MR) is 78.0 cm³/mol. The molecule has 0 atom stereocenters. The molecule has 1 N–H and O–H groups in total. The first-order chi connectivity index (χ1) is 8.77. The molecule has 0 unspecified atom stereocenters. The van der Waals surface area contributed by atoms with Gasteiger partial charge in [0.05, 0.1) is 6.61 Å². The van der Waals surface area contributed by atoms with Gasteiger partial charge < -0.3 is 10.1 Å². The largest absolute Gasteiger partial charge is 0.377 e. The van der Waals surface area contributed by atoms with Gasteiger partial charge in [0.15, 0.2) is 0 Å². The fraction of sp³-hybridized carbons (Fsp3) is 0.500. The van der Waals surface area contributed by atoms with E-state index in [-0.39, 0.29) is 5.91 Å². The molecule has 3 nitrogen and oxygen atoms in total. The standard InChI is InChI=1S/C14H20BrNO2/c1-2-18-11-12-7-3-4-8-13(12)16-14(17)9-5-6-10-15/h3-4,7-8H,2,5-6,9-11H2,1H3,(H,16,17). The lowest BCUT2D eigenvalue weighted by Gasteiger charge is -2.10. The molecule has 0 heterocycles. The second kappa shape index (κ2) is 9.11. The topological polar surface area (TPSA) is 38.3 Å². The molecule has 0 fully saturated rings. The first-order valence-electron chi connectivity index (χ1n) is 6.29. The first kappa shape index (κ1) is 15.2. The van der Waals surface area contributed by atoms with E-state index in [1.54, 1.807) is 0 Å². The molecular formula is C14H20BrNO2. The molecule has 0 bridgehead atoms. The summed E-state index contributed by atoms with van der Waals surface area (Å²) < 4.78 is 5.38. The zero-order chi connectivity index (χ0) is 13.2. The summed E-state index contributed by atoms with van der Waals surface area (Å²) in [6, 6.07) is 7.76. The van der Waals surface area contributed by atoms with Crippen molar-refractivity contribution in [2.75, 3.05) is 17.3 Å². The lowest BCUT2D eigenvalue weighted by Crippen LogP contribution is -2.13. The Balaban J connectivity index is 2.51. The second-order valence-electron chi connectivity index (χ2n) is 3.99. The fourth-order valence-electron chi connectivity index (χ4n) is 1.57. The molecule has 0 aliphatic rings. The van der Waals surface area contributed by atoms with Crippen LogP contribution in [-0.4, -0.2) is 17.8 Å². The van der Waals surface area contributed by atoms with E-state index < -0.39 is 0 Å². The number of carbonyl (C=O) groups is 1. The van der Waals surface area contributed by atoms with Crippen molar-refractivity contribution in [3.63, 3.8) is 0 Å². The molecule has 0 saturated heterocycles. The number of halogens is 1. The molecule has 0 aliphatic heterocycles. The van der Waals surface area contributed by atoms with Gasteiger partial charge in [-0.15, -0.1) is 0 Å². The number of benzene rings is 1. The number of hydrogen-bond donors (Lipinski definition) is 1. The Hall–Kier alpha value is -0.870. The molecule has 100 valence electrons. The highest BCUT2D eigenvalue weighted by Gasteiger charge is 2.06. The van der Waals surface area contributed by atoms with Crippen LogP contribution in [0.5, 0.6) is 0 Å². The Kier molecular flexibility index (Phi) is 7.69. The number of ether oxygens (including phenoxy) is 1. The fourth-order valence-corrected chi connectivity index (χ4v) is 1.97. The Morgan fingerprint density at radius 1 is 1.33 bits per heavy atom. The van der Waals surface area contributed by atoms with Gasteiger partial charge in [0.25, 0.3) is 0 Å². The van der Waals surface area contributed by atoms with Crippen molar-refractivity contribution in [2.24, 2.45) is 0 Å². The van der Waals surface area contributed by atoms with Gasteiger partial charge in [-0.05, 0) is 25.8 Å². The zero-order valence-corrected chi connectivity index (χ0v) is 12.3. The van der Waals surface area contributed by atoms with Gasteiger partial charge in [0.1, 0.15) is 0 Å². The molecule has 0 aliphatic carbocycles. The third-order valence-corrected chi connectivity index (χ3v) is 3.10. The predicted octanol–water partition coefficient (Wildman–Crippen LogP) is 3.73. The van der Waals surface area contributed by atoms with Crippen molar-refractivity contribution < 1.29 is 9.53 Å². The van der Waals surface area contributed by atoms with E-state index in [0.29, 0.717) is 19.6 Å². The third kappa shape index (κ3) is 5.65. The summed E-state index contributed by atoms with van der Waals surface area (Å²) in [5, 5.41) is 3.89. The molecule has 1 aromatic rings. The van der Waals surface area contributed by atoms with Crippen LogP contribution in [-0.2, 0) is 16.1 Å². The van der Waals surface area contributed by atoms with Gasteiger partial charge in [0.2, 0.25) is 5.91 Å². The maximum Gasteiger partial charge on any atom is 0.224 e. The first-order valence-corrected chi connectivity index (χ1v) is 7.41. The van der Waals surface area contributed by atoms with E-state index >= 15 is 0 Å². The van der Waals surface area contributed by atoms with Gasteiger partial charge in [-0.2, -0.15) is 0 Å². The van der Waals surface area contributed by atoms with Crippen molar-refractivity contribution in [3.8, 4) is 0 Å². The summed E-state index contributed by atoms with van der Waals surface area (Å²) in [6.07, 6.45) is 2.49. The highest BCUT2D eigenvalue weighted by molar-refractivity contribution is 9.09. The van der Waals surface area contributed by atoms with Crippen LogP contribution in [0.1, 0.15) is 31.7 Å². The molecule has 0 saturated carbocycles. The molecule has 18 heavy (non-hydrogen) atoms. The van der Waals surface area contributed by atoms with Gasteiger partial charge in [0, 0.05) is 29.6 Å². The Labute approximate surface area is 117 Å². The van der Waals surface area contributed by atoms with Gasteiger partial charge in [-0.3, -0.25) is 4.79 Å². The van der Waals surface area contributed by atoms with Crippen molar-refractivity contribution in [1.29, 1.82) is 0 Å². The number of anilines is 1. The van der Waals surface area contributed by atoms with Crippen molar-refractivity contribution in [2.45, 2.75) is 32.8 Å². The van der Waals surface area contributed by atoms with Crippen LogP contribution in [0, 0.1) is 0 Å². The van der Waals surface area contributed by atoms with Crippen molar-refractivity contribution in [1.82, 2.24) is 0 Å². The number of hydrogen-bond acceptors (Lipinski definition) is 2. The number of unbranched alkanes of at least 4 members (excludes halogenated alkanes) is 1. The van der Waals surface area contributed by atoms with Crippen LogP contribution in [0.25, 0.3) is 0 Å². The van der Waals surface area contributed by atoms with Gasteiger partial charge in [-0.1, -0.05) is 34.1 Å². The minimum atomic E-state index is 0.0694. The number of rotatable bonds is 8. The number of amides is 1. The monoisotopic (exact) mass is 313 g/mol. The Morgan fingerprint density at radius 2 is 2.11 bits per heavy atom. The summed E-state index contributed by atoms with van der Waals surface area (Å²) in [7, 11) is 0. The molecule has 1 rings (SSSR count). The summed E-state index contributed by atoms with van der Waals surface area (Å²) in [4.78, 5) is 11.7. The van der Waals surface area contributed by atoms with Crippen LogP contribution >= 0.6 is 15.9 Å². The molecule has 0 radical (unpaired) electrons. The number of para-hydroxylation sites is 1. The quantitative estimate of drug-likeness (QED) is 0.586. The number of carbonyl (C=O) groups excluding carboxylic acids is 1. The maximum absolute atomic E-state index is 11.7. The van der Waals surface area contributed by atoms with Crippen LogP contribution in [0.3, 0.4) is 0 Å². The average molecular weight is 314 g/mol. The van der Waals surface area contributed by atoms with E-state index in [2.05, 4.69) is 21.2 Å². The number of nitrogens with one attached hydrogen (secondary N) is 1. The molecule has 0 spiro atoms. The van der Waals surface area contributed by atoms with Gasteiger partial charge >= 0.3 is 0 Å². The minimum Gasteiger partial charge on any atom is -0.377 e.